The van der Waals surface area contributed by atoms with Crippen molar-refractivity contribution in [3.05, 3.63) is 68.0 Å². The number of halogens is 3. The second-order valence-electron chi connectivity index (χ2n) is 4.57. The third kappa shape index (κ3) is 3.71. The molecule has 20 heavy (non-hydrogen) atoms. The highest BCUT2D eigenvalue weighted by atomic mass is 127. The molecule has 4 heteroatoms. The van der Waals surface area contributed by atoms with Gasteiger partial charge < -0.3 is 5.32 Å². The van der Waals surface area contributed by atoms with E-state index in [1.54, 1.807) is 12.1 Å². The molecule has 0 aliphatic carbocycles. The summed E-state index contributed by atoms with van der Waals surface area (Å²) in [5.74, 6) is -0.272. The average Bonchev–Trinajstić information content (AvgIpc) is 2.42. The van der Waals surface area contributed by atoms with Crippen molar-refractivity contribution in [3.8, 4) is 0 Å². The second kappa shape index (κ2) is 7.38. The Bertz CT molecular complexity index is 588. The molecule has 2 rings (SSSR count). The zero-order chi connectivity index (χ0) is 14.5. The van der Waals surface area contributed by atoms with Gasteiger partial charge in [0, 0.05) is 14.2 Å². The number of hydrogen-bond acceptors (Lipinski definition) is 1. The zero-order valence-electron chi connectivity index (χ0n) is 11.2. The summed E-state index contributed by atoms with van der Waals surface area (Å²) in [7, 11) is 0. The van der Waals surface area contributed by atoms with Gasteiger partial charge in [-0.25, -0.2) is 4.39 Å². The molecule has 2 aromatic rings. The minimum absolute atomic E-state index is 0.152. The predicted octanol–water partition coefficient (Wildman–Crippen LogP) is 5.17. The van der Waals surface area contributed by atoms with Gasteiger partial charge in [0.05, 0.1) is 6.04 Å². The summed E-state index contributed by atoms with van der Waals surface area (Å²) in [6.45, 7) is 2.93. The van der Waals surface area contributed by atoms with Crippen LogP contribution in [-0.2, 0) is 0 Å². The van der Waals surface area contributed by atoms with Crippen molar-refractivity contribution in [1.29, 1.82) is 0 Å². The van der Waals surface area contributed by atoms with E-state index in [0.29, 0.717) is 10.6 Å². The Hall–Kier alpha value is -0.650. The molecule has 0 heterocycles. The molecule has 0 aliphatic heterocycles. The lowest BCUT2D eigenvalue weighted by molar-refractivity contribution is 0.545. The molecule has 106 valence electrons. The topological polar surface area (TPSA) is 12.0 Å². The van der Waals surface area contributed by atoms with Gasteiger partial charge in [-0.1, -0.05) is 42.8 Å². The van der Waals surface area contributed by atoms with Crippen LogP contribution in [0.15, 0.2) is 42.5 Å². The Morgan fingerprint density at radius 1 is 1.20 bits per heavy atom. The van der Waals surface area contributed by atoms with Crippen molar-refractivity contribution < 1.29 is 4.39 Å². The Morgan fingerprint density at radius 2 is 1.95 bits per heavy atom. The highest BCUT2D eigenvalue weighted by Gasteiger charge is 2.19. The summed E-state index contributed by atoms with van der Waals surface area (Å²) < 4.78 is 15.3. The maximum Gasteiger partial charge on any atom is 0.129 e. The van der Waals surface area contributed by atoms with Crippen molar-refractivity contribution in [2.24, 2.45) is 0 Å². The van der Waals surface area contributed by atoms with Crippen LogP contribution in [0.2, 0.25) is 5.02 Å². The maximum atomic E-state index is 14.2. The van der Waals surface area contributed by atoms with Crippen molar-refractivity contribution in [2.75, 3.05) is 6.54 Å². The minimum Gasteiger partial charge on any atom is -0.306 e. The monoisotopic (exact) mass is 403 g/mol. The van der Waals surface area contributed by atoms with Crippen LogP contribution in [0.1, 0.15) is 30.5 Å². The van der Waals surface area contributed by atoms with Crippen molar-refractivity contribution in [1.82, 2.24) is 5.32 Å². The van der Waals surface area contributed by atoms with E-state index in [9.17, 15) is 4.39 Å². The van der Waals surface area contributed by atoms with Crippen LogP contribution in [0, 0.1) is 9.39 Å². The summed E-state index contributed by atoms with van der Waals surface area (Å²) in [6.07, 6.45) is 0.995. The molecule has 0 aromatic heterocycles. The molecule has 0 amide bonds. The first kappa shape index (κ1) is 15.7. The van der Waals surface area contributed by atoms with E-state index in [4.69, 9.17) is 11.6 Å². The minimum atomic E-state index is -0.272. The van der Waals surface area contributed by atoms with Gasteiger partial charge in [-0.05, 0) is 59.3 Å². The van der Waals surface area contributed by atoms with E-state index in [0.717, 1.165) is 22.1 Å². The SMILES string of the molecule is CCCNC(c1ccc(Cl)cc1F)c1ccccc1I. The largest absolute Gasteiger partial charge is 0.306 e. The number of hydrogen-bond donors (Lipinski definition) is 1. The van der Waals surface area contributed by atoms with Crippen LogP contribution in [0.5, 0.6) is 0 Å². The molecule has 0 aliphatic rings. The van der Waals surface area contributed by atoms with Gasteiger partial charge in [-0.15, -0.1) is 0 Å². The van der Waals surface area contributed by atoms with Crippen LogP contribution in [0.3, 0.4) is 0 Å². The van der Waals surface area contributed by atoms with Crippen molar-refractivity contribution in [2.45, 2.75) is 19.4 Å². The summed E-state index contributed by atoms with van der Waals surface area (Å²) in [5, 5.41) is 3.83. The van der Waals surface area contributed by atoms with Crippen LogP contribution in [0.4, 0.5) is 4.39 Å². The first-order chi connectivity index (χ1) is 9.63. The summed E-state index contributed by atoms with van der Waals surface area (Å²) in [5.41, 5.74) is 1.72. The van der Waals surface area contributed by atoms with Gasteiger partial charge in [0.1, 0.15) is 5.82 Å². The van der Waals surface area contributed by atoms with Crippen LogP contribution < -0.4 is 5.32 Å². The molecule has 0 spiro atoms. The highest BCUT2D eigenvalue weighted by Crippen LogP contribution is 2.29. The lowest BCUT2D eigenvalue weighted by Crippen LogP contribution is -2.24. The van der Waals surface area contributed by atoms with Gasteiger partial charge in [0.25, 0.3) is 0 Å². The van der Waals surface area contributed by atoms with Gasteiger partial charge in [-0.3, -0.25) is 0 Å². The molecule has 0 saturated carbocycles. The Balaban J connectivity index is 2.44. The molecule has 1 nitrogen and oxygen atoms in total. The van der Waals surface area contributed by atoms with E-state index >= 15 is 0 Å². The van der Waals surface area contributed by atoms with E-state index < -0.39 is 0 Å². The number of rotatable bonds is 5. The third-order valence-electron chi connectivity index (χ3n) is 3.09. The summed E-state index contributed by atoms with van der Waals surface area (Å²) in [6, 6.07) is 12.7. The molecule has 0 radical (unpaired) electrons. The molecule has 0 saturated heterocycles. The van der Waals surface area contributed by atoms with Crippen LogP contribution in [-0.4, -0.2) is 6.54 Å². The summed E-state index contributed by atoms with van der Waals surface area (Å²) in [4.78, 5) is 0. The van der Waals surface area contributed by atoms with Gasteiger partial charge in [0.15, 0.2) is 0 Å². The standard InChI is InChI=1S/C16H16ClFIN/c1-2-9-20-16(13-5-3-4-6-15(13)19)12-8-7-11(17)10-14(12)18/h3-8,10,16,20H,2,9H2,1H3. The number of benzene rings is 2. The first-order valence-electron chi connectivity index (χ1n) is 6.56. The van der Waals surface area contributed by atoms with Crippen molar-refractivity contribution in [3.63, 3.8) is 0 Å². The molecule has 1 N–H and O–H groups in total. The molecule has 1 atom stereocenters. The smallest absolute Gasteiger partial charge is 0.129 e. The predicted molar refractivity (Wildman–Crippen MR) is 90.7 cm³/mol. The second-order valence-corrected chi connectivity index (χ2v) is 6.17. The van der Waals surface area contributed by atoms with Crippen LogP contribution >= 0.6 is 34.2 Å². The average molecular weight is 404 g/mol. The molecular weight excluding hydrogens is 388 g/mol. The van der Waals surface area contributed by atoms with E-state index in [1.807, 2.05) is 24.3 Å². The highest BCUT2D eigenvalue weighted by molar-refractivity contribution is 14.1. The van der Waals surface area contributed by atoms with Crippen LogP contribution in [0.25, 0.3) is 0 Å². The Kier molecular flexibility index (Phi) is 5.81. The molecule has 0 bridgehead atoms. The van der Waals surface area contributed by atoms with Crippen molar-refractivity contribution >= 4 is 34.2 Å². The molecular formula is C16H16ClFIN. The van der Waals surface area contributed by atoms with Gasteiger partial charge in [-0.2, -0.15) is 0 Å². The fraction of sp³-hybridized carbons (Fsp3) is 0.250. The fourth-order valence-corrected chi connectivity index (χ4v) is 2.98. The molecule has 1 unspecified atom stereocenters. The molecule has 0 fully saturated rings. The Labute approximate surface area is 137 Å². The lowest BCUT2D eigenvalue weighted by Gasteiger charge is -2.21. The Morgan fingerprint density at radius 3 is 2.60 bits per heavy atom. The summed E-state index contributed by atoms with van der Waals surface area (Å²) >= 11 is 8.13. The van der Waals surface area contributed by atoms with E-state index in [1.165, 1.54) is 6.07 Å². The lowest BCUT2D eigenvalue weighted by atomic mass is 9.98. The molecule has 2 aromatic carbocycles. The van der Waals surface area contributed by atoms with E-state index in [-0.39, 0.29) is 11.9 Å². The number of nitrogens with one attached hydrogen (secondary N) is 1. The normalized spacial score (nSPS) is 12.4. The fourth-order valence-electron chi connectivity index (χ4n) is 2.12. The van der Waals surface area contributed by atoms with Gasteiger partial charge >= 0.3 is 0 Å². The quantitative estimate of drug-likeness (QED) is 0.679. The maximum absolute atomic E-state index is 14.2. The van der Waals surface area contributed by atoms with Gasteiger partial charge in [0.2, 0.25) is 0 Å². The van der Waals surface area contributed by atoms with E-state index in [2.05, 4.69) is 34.8 Å². The third-order valence-corrected chi connectivity index (χ3v) is 4.31. The first-order valence-corrected chi connectivity index (χ1v) is 8.02. The zero-order valence-corrected chi connectivity index (χ0v) is 14.1.